The number of rotatable bonds is 5. The monoisotopic (exact) mass is 397 g/mol. The average Bonchev–Trinajstić information content (AvgIpc) is 3.37. The van der Waals surface area contributed by atoms with Crippen molar-refractivity contribution in [3.8, 4) is 11.3 Å². The molecule has 28 heavy (non-hydrogen) atoms. The summed E-state index contributed by atoms with van der Waals surface area (Å²) in [5, 5.41) is 6.08. The molecule has 0 bridgehead atoms. The van der Waals surface area contributed by atoms with E-state index in [-0.39, 0.29) is 12.0 Å². The molecular formula is C21H23N3O3S. The summed E-state index contributed by atoms with van der Waals surface area (Å²) in [6, 6.07) is 9.86. The fourth-order valence-electron chi connectivity index (χ4n) is 3.48. The first-order valence-electron chi connectivity index (χ1n) is 9.50. The summed E-state index contributed by atoms with van der Waals surface area (Å²) >= 11 is 1.61. The standard InChI is InChI=1S/C21H23N3O3S/c1-3-18-21(14(2)23-27-18)17-8-4-7-16(22-17)19-13-24(9-10-26-19)20(25)12-15-6-5-11-28-15/h4-8,11,19H,3,9-10,12-13H2,1-2H3. The van der Waals surface area contributed by atoms with Gasteiger partial charge < -0.3 is 14.2 Å². The van der Waals surface area contributed by atoms with E-state index in [0.29, 0.717) is 26.1 Å². The predicted molar refractivity (Wildman–Crippen MR) is 107 cm³/mol. The molecule has 1 atom stereocenters. The van der Waals surface area contributed by atoms with E-state index >= 15 is 0 Å². The Balaban J connectivity index is 1.52. The van der Waals surface area contributed by atoms with Crippen LogP contribution in [0.2, 0.25) is 0 Å². The highest BCUT2D eigenvalue weighted by Gasteiger charge is 2.27. The Hall–Kier alpha value is -2.51. The van der Waals surface area contributed by atoms with Crippen molar-refractivity contribution in [2.75, 3.05) is 19.7 Å². The van der Waals surface area contributed by atoms with Gasteiger partial charge in [-0.3, -0.25) is 4.79 Å². The van der Waals surface area contributed by atoms with Crippen LogP contribution in [0.4, 0.5) is 0 Å². The summed E-state index contributed by atoms with van der Waals surface area (Å²) in [5.74, 6) is 0.967. The molecule has 0 spiro atoms. The van der Waals surface area contributed by atoms with Gasteiger partial charge in [0, 0.05) is 17.8 Å². The Morgan fingerprint density at radius 2 is 2.21 bits per heavy atom. The van der Waals surface area contributed by atoms with Crippen LogP contribution in [0.25, 0.3) is 11.3 Å². The molecule has 0 saturated carbocycles. The maximum atomic E-state index is 12.7. The molecule has 1 aliphatic rings. The van der Waals surface area contributed by atoms with Crippen molar-refractivity contribution in [2.45, 2.75) is 32.8 Å². The SMILES string of the molecule is CCc1onc(C)c1-c1cccc(C2CN(C(=O)Cc3cccs3)CCO2)n1. The molecule has 0 radical (unpaired) electrons. The highest BCUT2D eigenvalue weighted by atomic mass is 32.1. The number of pyridine rings is 1. The summed E-state index contributed by atoms with van der Waals surface area (Å²) in [5.41, 5.74) is 3.44. The smallest absolute Gasteiger partial charge is 0.228 e. The Kier molecular flexibility index (Phi) is 5.54. The van der Waals surface area contributed by atoms with Crippen LogP contribution in [0.1, 0.15) is 35.1 Å². The summed E-state index contributed by atoms with van der Waals surface area (Å²) < 4.78 is 11.4. The van der Waals surface area contributed by atoms with Gasteiger partial charge in [0.2, 0.25) is 5.91 Å². The largest absolute Gasteiger partial charge is 0.368 e. The van der Waals surface area contributed by atoms with Gasteiger partial charge in [0.25, 0.3) is 0 Å². The maximum Gasteiger partial charge on any atom is 0.228 e. The van der Waals surface area contributed by atoms with E-state index in [9.17, 15) is 4.79 Å². The van der Waals surface area contributed by atoms with Crippen molar-refractivity contribution in [1.29, 1.82) is 0 Å². The topological polar surface area (TPSA) is 68.5 Å². The van der Waals surface area contributed by atoms with E-state index in [1.807, 2.05) is 54.5 Å². The predicted octanol–water partition coefficient (Wildman–Crippen LogP) is 3.81. The first-order chi connectivity index (χ1) is 13.7. The van der Waals surface area contributed by atoms with Gasteiger partial charge in [-0.25, -0.2) is 4.98 Å². The summed E-state index contributed by atoms with van der Waals surface area (Å²) in [6.07, 6.45) is 0.969. The third kappa shape index (κ3) is 3.86. The second-order valence-corrected chi connectivity index (χ2v) is 7.85. The van der Waals surface area contributed by atoms with E-state index in [1.165, 1.54) is 0 Å². The van der Waals surface area contributed by atoms with Gasteiger partial charge in [0.1, 0.15) is 11.9 Å². The van der Waals surface area contributed by atoms with Crippen LogP contribution >= 0.6 is 11.3 Å². The molecule has 6 nitrogen and oxygen atoms in total. The Labute approximate surface area is 168 Å². The quantitative estimate of drug-likeness (QED) is 0.655. The Morgan fingerprint density at radius 3 is 3.00 bits per heavy atom. The second kappa shape index (κ2) is 8.24. The molecule has 0 N–H and O–H groups in total. The van der Waals surface area contributed by atoms with Crippen LogP contribution in [0.5, 0.6) is 0 Å². The third-order valence-electron chi connectivity index (χ3n) is 4.94. The molecule has 146 valence electrons. The molecule has 3 aromatic rings. The molecule has 1 amide bonds. The molecule has 4 heterocycles. The van der Waals surface area contributed by atoms with Gasteiger partial charge in [-0.1, -0.05) is 24.2 Å². The number of morpholine rings is 1. The Bertz CT molecular complexity index is 952. The number of amides is 1. The number of aromatic nitrogens is 2. The van der Waals surface area contributed by atoms with Gasteiger partial charge in [0.05, 0.1) is 42.2 Å². The van der Waals surface area contributed by atoms with Gasteiger partial charge >= 0.3 is 0 Å². The molecule has 1 saturated heterocycles. The fraction of sp³-hybridized carbons (Fsp3) is 0.381. The first-order valence-corrected chi connectivity index (χ1v) is 10.4. The van der Waals surface area contributed by atoms with Crippen molar-refractivity contribution in [3.05, 3.63) is 57.7 Å². The highest BCUT2D eigenvalue weighted by Crippen LogP contribution is 2.29. The molecule has 3 aromatic heterocycles. The van der Waals surface area contributed by atoms with Crippen molar-refractivity contribution < 1.29 is 14.1 Å². The lowest BCUT2D eigenvalue weighted by Crippen LogP contribution is -2.43. The minimum Gasteiger partial charge on any atom is -0.368 e. The van der Waals surface area contributed by atoms with Gasteiger partial charge in [-0.05, 0) is 30.5 Å². The number of carbonyl (C=O) groups excluding carboxylic acids is 1. The zero-order valence-electron chi connectivity index (χ0n) is 16.1. The van der Waals surface area contributed by atoms with E-state index in [1.54, 1.807) is 11.3 Å². The van der Waals surface area contributed by atoms with Gasteiger partial charge in [-0.15, -0.1) is 11.3 Å². The lowest BCUT2D eigenvalue weighted by atomic mass is 10.1. The summed E-state index contributed by atoms with van der Waals surface area (Å²) in [4.78, 5) is 20.4. The lowest BCUT2D eigenvalue weighted by molar-refractivity contribution is -0.138. The number of aryl methyl sites for hydroxylation is 2. The number of hydrogen-bond donors (Lipinski definition) is 0. The number of nitrogens with zero attached hydrogens (tertiary/aromatic N) is 3. The van der Waals surface area contributed by atoms with Crippen molar-refractivity contribution in [2.24, 2.45) is 0 Å². The van der Waals surface area contributed by atoms with Gasteiger partial charge in [0.15, 0.2) is 0 Å². The molecule has 1 unspecified atom stereocenters. The number of ether oxygens (including phenoxy) is 1. The van der Waals surface area contributed by atoms with E-state index in [0.717, 1.165) is 39.7 Å². The second-order valence-electron chi connectivity index (χ2n) is 6.82. The molecule has 0 aromatic carbocycles. The Morgan fingerprint density at radius 1 is 1.32 bits per heavy atom. The number of thiophene rings is 1. The van der Waals surface area contributed by atoms with Crippen molar-refractivity contribution in [1.82, 2.24) is 15.0 Å². The minimum atomic E-state index is -0.230. The fourth-order valence-corrected chi connectivity index (χ4v) is 4.18. The molecule has 7 heteroatoms. The zero-order chi connectivity index (χ0) is 19.5. The van der Waals surface area contributed by atoms with Crippen LogP contribution in [0, 0.1) is 6.92 Å². The highest BCUT2D eigenvalue weighted by molar-refractivity contribution is 7.10. The molecule has 4 rings (SSSR count). The van der Waals surface area contributed by atoms with Crippen LogP contribution < -0.4 is 0 Å². The van der Waals surface area contributed by atoms with E-state index in [2.05, 4.69) is 5.16 Å². The van der Waals surface area contributed by atoms with Crippen LogP contribution in [-0.4, -0.2) is 40.6 Å². The summed E-state index contributed by atoms with van der Waals surface area (Å²) in [6.45, 7) is 5.61. The van der Waals surface area contributed by atoms with Crippen LogP contribution in [-0.2, 0) is 22.4 Å². The van der Waals surface area contributed by atoms with Crippen LogP contribution in [0.3, 0.4) is 0 Å². The zero-order valence-corrected chi connectivity index (χ0v) is 16.9. The molecule has 0 aliphatic carbocycles. The van der Waals surface area contributed by atoms with Crippen molar-refractivity contribution >= 4 is 17.2 Å². The van der Waals surface area contributed by atoms with Crippen LogP contribution in [0.15, 0.2) is 40.2 Å². The maximum absolute atomic E-state index is 12.7. The first kappa shape index (κ1) is 18.8. The van der Waals surface area contributed by atoms with E-state index < -0.39 is 0 Å². The van der Waals surface area contributed by atoms with E-state index in [4.69, 9.17) is 14.2 Å². The normalized spacial score (nSPS) is 17.1. The lowest BCUT2D eigenvalue weighted by Gasteiger charge is -2.32. The molecule has 1 aliphatic heterocycles. The summed E-state index contributed by atoms with van der Waals surface area (Å²) in [7, 11) is 0. The number of hydrogen-bond acceptors (Lipinski definition) is 6. The van der Waals surface area contributed by atoms with Gasteiger partial charge in [-0.2, -0.15) is 0 Å². The van der Waals surface area contributed by atoms with Crippen molar-refractivity contribution in [3.63, 3.8) is 0 Å². The average molecular weight is 398 g/mol. The third-order valence-corrected chi connectivity index (χ3v) is 5.81. The number of carbonyl (C=O) groups is 1. The minimum absolute atomic E-state index is 0.134. The molecule has 1 fully saturated rings. The molecular weight excluding hydrogens is 374 g/mol.